The number of methoxy groups -OCH3 is 1. The quantitative estimate of drug-likeness (QED) is 0.789. The van der Waals surface area contributed by atoms with E-state index >= 15 is 0 Å². The minimum absolute atomic E-state index is 0.785. The number of hydrogen-bond donors (Lipinski definition) is 1. The first kappa shape index (κ1) is 12.5. The van der Waals surface area contributed by atoms with Gasteiger partial charge in [-0.1, -0.05) is 18.2 Å². The van der Waals surface area contributed by atoms with Crippen LogP contribution in [0.2, 0.25) is 0 Å². The molecule has 0 fully saturated rings. The number of benzene rings is 2. The van der Waals surface area contributed by atoms with Crippen molar-refractivity contribution in [1.29, 1.82) is 0 Å². The zero-order valence-corrected chi connectivity index (χ0v) is 11.6. The molecule has 3 aromatic rings. The Balaban J connectivity index is 1.78. The van der Waals surface area contributed by atoms with Gasteiger partial charge in [0.25, 0.3) is 0 Å². The Kier molecular flexibility index (Phi) is 3.29. The molecule has 0 bridgehead atoms. The molecular weight excluding hydrogens is 250 g/mol. The van der Waals surface area contributed by atoms with Gasteiger partial charge in [0.05, 0.1) is 19.0 Å². The predicted octanol–water partition coefficient (Wildman–Crippen LogP) is 3.19. The zero-order valence-electron chi connectivity index (χ0n) is 11.6. The van der Waals surface area contributed by atoms with Crippen LogP contribution in [0.25, 0.3) is 10.8 Å². The summed E-state index contributed by atoms with van der Waals surface area (Å²) in [5, 5.41) is 9.91. The molecule has 2 aromatic carbocycles. The second-order valence-electron chi connectivity index (χ2n) is 4.80. The Morgan fingerprint density at radius 3 is 2.70 bits per heavy atom. The van der Waals surface area contributed by atoms with Crippen LogP contribution in [0.3, 0.4) is 0 Å². The van der Waals surface area contributed by atoms with Crippen molar-refractivity contribution in [3.63, 3.8) is 0 Å². The maximum Gasteiger partial charge on any atom is 0.119 e. The van der Waals surface area contributed by atoms with E-state index in [1.54, 1.807) is 11.8 Å². The fraction of sp³-hybridized carbons (Fsp3) is 0.188. The highest BCUT2D eigenvalue weighted by molar-refractivity contribution is 5.84. The molecule has 1 aromatic heterocycles. The molecule has 20 heavy (non-hydrogen) atoms. The summed E-state index contributed by atoms with van der Waals surface area (Å²) in [6.45, 7) is 0.785. The van der Waals surface area contributed by atoms with Crippen molar-refractivity contribution in [1.82, 2.24) is 9.78 Å². The monoisotopic (exact) mass is 267 g/mol. The second-order valence-corrected chi connectivity index (χ2v) is 4.80. The van der Waals surface area contributed by atoms with Gasteiger partial charge in [0.2, 0.25) is 0 Å². The smallest absolute Gasteiger partial charge is 0.119 e. The van der Waals surface area contributed by atoms with Crippen molar-refractivity contribution >= 4 is 16.5 Å². The Morgan fingerprint density at radius 2 is 1.95 bits per heavy atom. The number of aromatic nitrogens is 2. The molecule has 0 unspecified atom stereocenters. The fourth-order valence-corrected chi connectivity index (χ4v) is 2.23. The SMILES string of the molecule is COc1ccc2cc(CNc3cnn(C)c3)ccc2c1. The van der Waals surface area contributed by atoms with E-state index in [1.165, 1.54) is 16.3 Å². The van der Waals surface area contributed by atoms with Crippen molar-refractivity contribution < 1.29 is 4.74 Å². The number of fused-ring (bicyclic) bond motifs is 1. The third-order valence-electron chi connectivity index (χ3n) is 3.31. The summed E-state index contributed by atoms with van der Waals surface area (Å²) in [5.74, 6) is 0.888. The standard InChI is InChI=1S/C16H17N3O/c1-19-11-15(10-18-19)17-9-12-3-4-14-8-16(20-2)6-5-13(14)7-12/h3-8,10-11,17H,9H2,1-2H3. The lowest BCUT2D eigenvalue weighted by atomic mass is 10.1. The summed E-state index contributed by atoms with van der Waals surface area (Å²) < 4.78 is 7.03. The van der Waals surface area contributed by atoms with Crippen LogP contribution in [0.15, 0.2) is 48.8 Å². The van der Waals surface area contributed by atoms with Gasteiger partial charge >= 0.3 is 0 Å². The number of nitrogens with one attached hydrogen (secondary N) is 1. The molecule has 0 aliphatic heterocycles. The number of nitrogens with zero attached hydrogens (tertiary/aromatic N) is 2. The van der Waals surface area contributed by atoms with E-state index in [1.807, 2.05) is 31.6 Å². The lowest BCUT2D eigenvalue weighted by Gasteiger charge is -2.07. The largest absolute Gasteiger partial charge is 0.497 e. The molecule has 4 heteroatoms. The highest BCUT2D eigenvalue weighted by atomic mass is 16.5. The number of ether oxygens (including phenoxy) is 1. The zero-order chi connectivity index (χ0) is 13.9. The van der Waals surface area contributed by atoms with Crippen LogP contribution in [0.5, 0.6) is 5.75 Å². The van der Waals surface area contributed by atoms with Gasteiger partial charge in [-0.25, -0.2) is 0 Å². The molecule has 102 valence electrons. The third-order valence-corrected chi connectivity index (χ3v) is 3.31. The predicted molar refractivity (Wildman–Crippen MR) is 81.0 cm³/mol. The minimum Gasteiger partial charge on any atom is -0.497 e. The highest BCUT2D eigenvalue weighted by Crippen LogP contribution is 2.22. The van der Waals surface area contributed by atoms with E-state index in [9.17, 15) is 0 Å². The number of anilines is 1. The first-order chi connectivity index (χ1) is 9.74. The van der Waals surface area contributed by atoms with E-state index in [2.05, 4.69) is 34.7 Å². The summed E-state index contributed by atoms with van der Waals surface area (Å²) in [4.78, 5) is 0. The molecule has 0 spiro atoms. The van der Waals surface area contributed by atoms with E-state index < -0.39 is 0 Å². The fourth-order valence-electron chi connectivity index (χ4n) is 2.23. The minimum atomic E-state index is 0.785. The second kappa shape index (κ2) is 5.25. The van der Waals surface area contributed by atoms with Crippen LogP contribution in [0.4, 0.5) is 5.69 Å². The van der Waals surface area contributed by atoms with Crippen molar-refractivity contribution in [2.75, 3.05) is 12.4 Å². The molecule has 0 saturated heterocycles. The van der Waals surface area contributed by atoms with Gasteiger partial charge in [0, 0.05) is 19.8 Å². The lowest BCUT2D eigenvalue weighted by molar-refractivity contribution is 0.415. The molecular formula is C16H17N3O. The van der Waals surface area contributed by atoms with E-state index in [0.717, 1.165) is 18.0 Å². The molecule has 0 aliphatic carbocycles. The summed E-state index contributed by atoms with van der Waals surface area (Å²) in [5.41, 5.74) is 2.27. The number of hydrogen-bond acceptors (Lipinski definition) is 3. The molecule has 0 saturated carbocycles. The molecule has 0 radical (unpaired) electrons. The molecule has 1 heterocycles. The van der Waals surface area contributed by atoms with Gasteiger partial charge in [0.15, 0.2) is 0 Å². The normalized spacial score (nSPS) is 10.7. The molecule has 3 rings (SSSR count). The Hall–Kier alpha value is -2.49. The van der Waals surface area contributed by atoms with Gasteiger partial charge in [-0.3, -0.25) is 4.68 Å². The summed E-state index contributed by atoms with van der Waals surface area (Å²) in [6.07, 6.45) is 3.79. The van der Waals surface area contributed by atoms with Gasteiger partial charge in [-0.15, -0.1) is 0 Å². The van der Waals surface area contributed by atoms with Crippen LogP contribution >= 0.6 is 0 Å². The van der Waals surface area contributed by atoms with Crippen LogP contribution in [-0.2, 0) is 13.6 Å². The van der Waals surface area contributed by atoms with Crippen LogP contribution in [0.1, 0.15) is 5.56 Å². The van der Waals surface area contributed by atoms with Crippen LogP contribution in [-0.4, -0.2) is 16.9 Å². The Morgan fingerprint density at radius 1 is 1.15 bits per heavy atom. The Labute approximate surface area is 118 Å². The number of aryl methyl sites for hydroxylation is 1. The summed E-state index contributed by atoms with van der Waals surface area (Å²) in [7, 11) is 3.60. The van der Waals surface area contributed by atoms with Gasteiger partial charge in [0.1, 0.15) is 5.75 Å². The van der Waals surface area contributed by atoms with Gasteiger partial charge in [-0.2, -0.15) is 5.10 Å². The van der Waals surface area contributed by atoms with E-state index in [4.69, 9.17) is 4.74 Å². The first-order valence-corrected chi connectivity index (χ1v) is 6.54. The Bertz CT molecular complexity index is 733. The maximum atomic E-state index is 5.24. The maximum absolute atomic E-state index is 5.24. The van der Waals surface area contributed by atoms with Crippen molar-refractivity contribution in [3.8, 4) is 5.75 Å². The van der Waals surface area contributed by atoms with E-state index in [-0.39, 0.29) is 0 Å². The van der Waals surface area contributed by atoms with Gasteiger partial charge in [-0.05, 0) is 34.5 Å². The molecule has 4 nitrogen and oxygen atoms in total. The first-order valence-electron chi connectivity index (χ1n) is 6.54. The topological polar surface area (TPSA) is 39.1 Å². The number of rotatable bonds is 4. The molecule has 0 amide bonds. The summed E-state index contributed by atoms with van der Waals surface area (Å²) in [6, 6.07) is 12.6. The van der Waals surface area contributed by atoms with Crippen LogP contribution < -0.4 is 10.1 Å². The van der Waals surface area contributed by atoms with Crippen molar-refractivity contribution in [2.24, 2.45) is 7.05 Å². The van der Waals surface area contributed by atoms with Crippen molar-refractivity contribution in [3.05, 3.63) is 54.4 Å². The molecule has 0 atom stereocenters. The van der Waals surface area contributed by atoms with Crippen molar-refractivity contribution in [2.45, 2.75) is 6.54 Å². The highest BCUT2D eigenvalue weighted by Gasteiger charge is 2.00. The third kappa shape index (κ3) is 2.59. The molecule has 0 aliphatic rings. The van der Waals surface area contributed by atoms with Crippen LogP contribution in [0, 0.1) is 0 Å². The summed E-state index contributed by atoms with van der Waals surface area (Å²) >= 11 is 0. The average Bonchev–Trinajstić information content (AvgIpc) is 2.90. The molecule has 1 N–H and O–H groups in total. The lowest BCUT2D eigenvalue weighted by Crippen LogP contribution is -1.98. The average molecular weight is 267 g/mol. The van der Waals surface area contributed by atoms with E-state index in [0.29, 0.717) is 0 Å². The van der Waals surface area contributed by atoms with Gasteiger partial charge < -0.3 is 10.1 Å².